The molecule has 0 unspecified atom stereocenters. The van der Waals surface area contributed by atoms with Crippen molar-refractivity contribution in [2.75, 3.05) is 26.2 Å². The molecule has 3 aromatic heterocycles. The van der Waals surface area contributed by atoms with Gasteiger partial charge in [-0.1, -0.05) is 60.7 Å². The van der Waals surface area contributed by atoms with E-state index in [2.05, 4.69) is 9.97 Å². The predicted molar refractivity (Wildman–Crippen MR) is 180 cm³/mol. The maximum Gasteiger partial charge on any atom is 0.279 e. The number of aliphatic hydroxyl groups is 1. The number of hydrogen-bond acceptors (Lipinski definition) is 8. The minimum Gasteiger partial charge on any atom is -0.388 e. The van der Waals surface area contributed by atoms with E-state index < -0.39 is 5.60 Å². The molecule has 2 saturated heterocycles. The molecular formula is C36H36N6O4S. The molecule has 240 valence electrons. The average molecular weight is 649 g/mol. The molecule has 10 nitrogen and oxygen atoms in total. The molecule has 11 heteroatoms. The third-order valence-corrected chi connectivity index (χ3v) is 10.7. The molecule has 47 heavy (non-hydrogen) atoms. The van der Waals surface area contributed by atoms with Gasteiger partial charge in [0.1, 0.15) is 9.88 Å². The number of fused-ring (bicyclic) bond motifs is 1. The summed E-state index contributed by atoms with van der Waals surface area (Å²) in [6.45, 7) is 3.63. The molecule has 0 aliphatic carbocycles. The molecule has 2 aliphatic heterocycles. The van der Waals surface area contributed by atoms with Crippen LogP contribution in [0.15, 0.2) is 90.1 Å². The van der Waals surface area contributed by atoms with Gasteiger partial charge in [0, 0.05) is 49.8 Å². The highest BCUT2D eigenvalue weighted by Crippen LogP contribution is 2.37. The fourth-order valence-electron chi connectivity index (χ4n) is 6.86. The van der Waals surface area contributed by atoms with E-state index in [9.17, 15) is 19.5 Å². The fraction of sp³-hybridized carbons (Fsp3) is 0.333. The lowest BCUT2D eigenvalue weighted by Gasteiger charge is -2.43. The minimum absolute atomic E-state index is 0.0436. The van der Waals surface area contributed by atoms with Crippen molar-refractivity contribution in [3.05, 3.63) is 112 Å². The summed E-state index contributed by atoms with van der Waals surface area (Å²) in [5.74, 6) is -0.472. The standard InChI is InChI=1S/C36H36N6O4S/c1-24-31(47-32(39-24)26-11-6-3-7-12-26)35(45)41-18-14-27(28(21-41)25-9-4-2-5-10-25)33(43)40-19-15-36(46,16-20-40)22-42-23-38-29-13-8-17-37-30(29)34(42)44/h2-13,17,23,27-28,46H,14-16,18-22H2,1H3/t27-,28+/m1/s1. The van der Waals surface area contributed by atoms with Gasteiger partial charge in [0.15, 0.2) is 5.52 Å². The van der Waals surface area contributed by atoms with Crippen molar-refractivity contribution in [3.63, 3.8) is 0 Å². The van der Waals surface area contributed by atoms with Crippen molar-refractivity contribution >= 4 is 34.2 Å². The first-order valence-corrected chi connectivity index (χ1v) is 16.8. The molecule has 2 aliphatic rings. The molecule has 5 aromatic rings. The van der Waals surface area contributed by atoms with Crippen LogP contribution < -0.4 is 5.56 Å². The maximum absolute atomic E-state index is 14.1. The lowest BCUT2D eigenvalue weighted by molar-refractivity contribution is -0.142. The van der Waals surface area contributed by atoms with Gasteiger partial charge in [-0.15, -0.1) is 11.3 Å². The molecule has 2 aromatic carbocycles. The van der Waals surface area contributed by atoms with Crippen LogP contribution in [0.25, 0.3) is 21.6 Å². The number of thiazole rings is 1. The van der Waals surface area contributed by atoms with Gasteiger partial charge in [0.05, 0.1) is 29.7 Å². The normalized spacial score (nSPS) is 19.5. The van der Waals surface area contributed by atoms with E-state index in [1.165, 1.54) is 22.2 Å². The van der Waals surface area contributed by atoms with Crippen molar-refractivity contribution in [1.82, 2.24) is 29.3 Å². The number of amides is 2. The second-order valence-electron chi connectivity index (χ2n) is 12.6. The second kappa shape index (κ2) is 12.8. The first-order chi connectivity index (χ1) is 22.8. The van der Waals surface area contributed by atoms with Crippen LogP contribution in [0.5, 0.6) is 0 Å². The van der Waals surface area contributed by atoms with E-state index in [0.717, 1.165) is 16.1 Å². The summed E-state index contributed by atoms with van der Waals surface area (Å²) in [4.78, 5) is 58.5. The van der Waals surface area contributed by atoms with Gasteiger partial charge in [-0.3, -0.25) is 19.0 Å². The molecule has 0 saturated carbocycles. The van der Waals surface area contributed by atoms with Gasteiger partial charge in [-0.2, -0.15) is 0 Å². The number of aromatic nitrogens is 4. The topological polar surface area (TPSA) is 122 Å². The summed E-state index contributed by atoms with van der Waals surface area (Å²) in [5.41, 5.74) is 2.07. The van der Waals surface area contributed by atoms with Crippen LogP contribution in [0, 0.1) is 12.8 Å². The number of piperidine rings is 2. The van der Waals surface area contributed by atoms with Crippen molar-refractivity contribution in [2.45, 2.75) is 44.2 Å². The molecule has 0 spiro atoms. The molecule has 2 atom stereocenters. The third-order valence-electron chi connectivity index (χ3n) is 9.51. The van der Waals surface area contributed by atoms with Gasteiger partial charge < -0.3 is 14.9 Å². The fourth-order valence-corrected chi connectivity index (χ4v) is 7.90. The lowest BCUT2D eigenvalue weighted by atomic mass is 9.79. The summed E-state index contributed by atoms with van der Waals surface area (Å²) < 4.78 is 1.42. The van der Waals surface area contributed by atoms with Gasteiger partial charge in [-0.25, -0.2) is 15.0 Å². The number of likely N-dealkylation sites (tertiary alicyclic amines) is 2. The van der Waals surface area contributed by atoms with E-state index in [1.54, 1.807) is 18.3 Å². The SMILES string of the molecule is Cc1nc(-c2ccccc2)sc1C(=O)N1CC[C@@H](C(=O)N2CCC(O)(Cn3cnc4cccnc4c3=O)CC2)[C@H](c2ccccc2)C1. The number of carbonyl (C=O) groups is 2. The summed E-state index contributed by atoms with van der Waals surface area (Å²) in [6.07, 6.45) is 4.23. The monoisotopic (exact) mass is 648 g/mol. The first-order valence-electron chi connectivity index (χ1n) is 16.0. The van der Waals surface area contributed by atoms with Gasteiger partial charge in [0.25, 0.3) is 11.5 Å². The Labute approximate surface area is 276 Å². The third kappa shape index (κ3) is 6.20. The van der Waals surface area contributed by atoms with E-state index in [4.69, 9.17) is 4.98 Å². The Kier molecular flexibility index (Phi) is 8.42. The molecule has 5 heterocycles. The summed E-state index contributed by atoms with van der Waals surface area (Å²) in [7, 11) is 0. The molecule has 0 bridgehead atoms. The van der Waals surface area contributed by atoms with Gasteiger partial charge in [-0.05, 0) is 43.9 Å². The van der Waals surface area contributed by atoms with Gasteiger partial charge >= 0.3 is 0 Å². The molecule has 1 N–H and O–H groups in total. The number of hydrogen-bond donors (Lipinski definition) is 1. The summed E-state index contributed by atoms with van der Waals surface area (Å²) >= 11 is 1.41. The highest BCUT2D eigenvalue weighted by molar-refractivity contribution is 7.17. The van der Waals surface area contributed by atoms with E-state index in [-0.39, 0.29) is 41.3 Å². The Balaban J connectivity index is 1.05. The predicted octanol–water partition coefficient (Wildman–Crippen LogP) is 4.52. The Morgan fingerprint density at radius 1 is 0.936 bits per heavy atom. The second-order valence-corrected chi connectivity index (χ2v) is 13.6. The van der Waals surface area contributed by atoms with Crippen LogP contribution in [0.4, 0.5) is 0 Å². The Bertz CT molecular complexity index is 1970. The van der Waals surface area contributed by atoms with Gasteiger partial charge in [0.2, 0.25) is 5.91 Å². The zero-order chi connectivity index (χ0) is 32.5. The van der Waals surface area contributed by atoms with Crippen LogP contribution in [-0.4, -0.2) is 78.0 Å². The quantitative estimate of drug-likeness (QED) is 0.287. The number of nitrogens with zero attached hydrogens (tertiary/aromatic N) is 6. The van der Waals surface area contributed by atoms with Crippen molar-refractivity contribution in [3.8, 4) is 10.6 Å². The largest absolute Gasteiger partial charge is 0.388 e. The number of aryl methyl sites for hydroxylation is 1. The van der Waals surface area contributed by atoms with Crippen LogP contribution >= 0.6 is 11.3 Å². The van der Waals surface area contributed by atoms with E-state index >= 15 is 0 Å². The summed E-state index contributed by atoms with van der Waals surface area (Å²) in [6, 6.07) is 23.3. The zero-order valence-corrected chi connectivity index (χ0v) is 27.0. The molecule has 0 radical (unpaired) electrons. The summed E-state index contributed by atoms with van der Waals surface area (Å²) in [5, 5.41) is 12.3. The highest BCUT2D eigenvalue weighted by Gasteiger charge is 2.42. The van der Waals surface area contributed by atoms with Crippen molar-refractivity contribution in [2.24, 2.45) is 5.92 Å². The average Bonchev–Trinajstić information content (AvgIpc) is 3.51. The van der Waals surface area contributed by atoms with Crippen molar-refractivity contribution < 1.29 is 14.7 Å². The van der Waals surface area contributed by atoms with Crippen LogP contribution in [0.3, 0.4) is 0 Å². The number of benzene rings is 2. The van der Waals surface area contributed by atoms with Crippen LogP contribution in [0.2, 0.25) is 0 Å². The van der Waals surface area contributed by atoms with E-state index in [1.807, 2.05) is 77.4 Å². The van der Waals surface area contributed by atoms with Crippen LogP contribution in [0.1, 0.15) is 46.1 Å². The Morgan fingerprint density at radius 3 is 2.40 bits per heavy atom. The molecule has 2 amide bonds. The highest BCUT2D eigenvalue weighted by atomic mass is 32.1. The number of rotatable bonds is 6. The zero-order valence-electron chi connectivity index (χ0n) is 26.2. The minimum atomic E-state index is -1.15. The van der Waals surface area contributed by atoms with E-state index in [0.29, 0.717) is 61.5 Å². The molecule has 7 rings (SSSR count). The van der Waals surface area contributed by atoms with Crippen LogP contribution in [-0.2, 0) is 11.3 Å². The lowest BCUT2D eigenvalue weighted by Crippen LogP contribution is -2.53. The molecule has 2 fully saturated rings. The Morgan fingerprint density at radius 2 is 1.66 bits per heavy atom. The Hall–Kier alpha value is -4.74. The molecular weight excluding hydrogens is 613 g/mol. The first kappa shape index (κ1) is 30.9. The maximum atomic E-state index is 14.1. The number of pyridine rings is 1. The van der Waals surface area contributed by atoms with Crippen molar-refractivity contribution in [1.29, 1.82) is 0 Å². The number of carbonyl (C=O) groups excluding carboxylic acids is 2. The smallest absolute Gasteiger partial charge is 0.279 e.